The molecule has 0 spiro atoms. The number of benzene rings is 2. The van der Waals surface area contributed by atoms with Crippen molar-refractivity contribution >= 4 is 11.8 Å². The molecule has 1 fully saturated rings. The van der Waals surface area contributed by atoms with E-state index in [0.717, 1.165) is 48.4 Å². The first kappa shape index (κ1) is 25.6. The fourth-order valence-electron chi connectivity index (χ4n) is 4.60. The Bertz CT molecular complexity index is 942. The van der Waals surface area contributed by atoms with E-state index < -0.39 is 0 Å². The summed E-state index contributed by atoms with van der Waals surface area (Å²) in [7, 11) is 3.24. The lowest BCUT2D eigenvalue weighted by molar-refractivity contribution is -0.123. The van der Waals surface area contributed by atoms with Gasteiger partial charge in [0, 0.05) is 30.3 Å². The van der Waals surface area contributed by atoms with E-state index in [1.807, 2.05) is 60.4 Å². The Kier molecular flexibility index (Phi) is 9.33. The molecule has 1 N–H and O–H groups in total. The summed E-state index contributed by atoms with van der Waals surface area (Å²) in [6, 6.07) is 15.1. The first-order chi connectivity index (χ1) is 16.5. The number of nitrogens with zero attached hydrogens (tertiary/aromatic N) is 2. The molecule has 1 atom stereocenters. The Morgan fingerprint density at radius 1 is 1.09 bits per heavy atom. The third-order valence-corrected chi connectivity index (χ3v) is 6.43. The Hall–Kier alpha value is -3.06. The molecule has 7 heteroatoms. The maximum absolute atomic E-state index is 13.0. The maximum atomic E-state index is 13.0. The Morgan fingerprint density at radius 3 is 2.41 bits per heavy atom. The summed E-state index contributed by atoms with van der Waals surface area (Å²) in [5.74, 6) is 1.50. The fraction of sp³-hybridized carbons (Fsp3) is 0.481. The standard InChI is InChI=1S/C27H37N3O4/c1-5-15-30(22-13-16-29(17-14-22)27(32)21-9-7-6-8-10-21)19-26(31)28-20(2)24-18-23(33-3)11-12-25(24)34-4/h6-12,18,20,22H,5,13-17,19H2,1-4H3,(H,28,31). The summed E-state index contributed by atoms with van der Waals surface area (Å²) in [4.78, 5) is 29.9. The first-order valence-electron chi connectivity index (χ1n) is 12.1. The van der Waals surface area contributed by atoms with Gasteiger partial charge < -0.3 is 19.7 Å². The highest BCUT2D eigenvalue weighted by molar-refractivity contribution is 5.94. The molecule has 0 bridgehead atoms. The summed E-state index contributed by atoms with van der Waals surface area (Å²) in [5, 5.41) is 3.12. The van der Waals surface area contributed by atoms with Gasteiger partial charge in [0.2, 0.25) is 5.91 Å². The molecule has 1 heterocycles. The molecule has 1 aliphatic heterocycles. The predicted octanol–water partition coefficient (Wildman–Crippen LogP) is 3.90. The minimum atomic E-state index is -0.216. The summed E-state index contributed by atoms with van der Waals surface area (Å²) >= 11 is 0. The minimum Gasteiger partial charge on any atom is -0.497 e. The summed E-state index contributed by atoms with van der Waals surface area (Å²) < 4.78 is 10.8. The van der Waals surface area contributed by atoms with E-state index in [0.29, 0.717) is 19.6 Å². The molecular formula is C27H37N3O4. The molecule has 2 aromatic carbocycles. The molecule has 1 aliphatic rings. The Morgan fingerprint density at radius 2 is 1.79 bits per heavy atom. The molecule has 0 saturated carbocycles. The van der Waals surface area contributed by atoms with Crippen molar-refractivity contribution in [3.63, 3.8) is 0 Å². The van der Waals surface area contributed by atoms with Crippen LogP contribution in [0.3, 0.4) is 0 Å². The van der Waals surface area contributed by atoms with Crippen LogP contribution in [0.25, 0.3) is 0 Å². The molecule has 0 radical (unpaired) electrons. The second-order valence-corrected chi connectivity index (χ2v) is 8.76. The van der Waals surface area contributed by atoms with Gasteiger partial charge in [0.1, 0.15) is 11.5 Å². The second-order valence-electron chi connectivity index (χ2n) is 8.76. The van der Waals surface area contributed by atoms with Crippen LogP contribution in [0.15, 0.2) is 48.5 Å². The van der Waals surface area contributed by atoms with E-state index in [-0.39, 0.29) is 23.9 Å². The van der Waals surface area contributed by atoms with Crippen molar-refractivity contribution in [2.45, 2.75) is 45.2 Å². The lowest BCUT2D eigenvalue weighted by Crippen LogP contribution is -2.49. The zero-order valence-electron chi connectivity index (χ0n) is 20.8. The number of amides is 2. The molecule has 1 saturated heterocycles. The van der Waals surface area contributed by atoms with Crippen LogP contribution in [-0.2, 0) is 4.79 Å². The largest absolute Gasteiger partial charge is 0.497 e. The van der Waals surface area contributed by atoms with Crippen molar-refractivity contribution in [2.75, 3.05) is 40.4 Å². The van der Waals surface area contributed by atoms with Crippen molar-refractivity contribution in [3.05, 3.63) is 59.7 Å². The quantitative estimate of drug-likeness (QED) is 0.574. The zero-order valence-corrected chi connectivity index (χ0v) is 20.8. The molecule has 1 unspecified atom stereocenters. The van der Waals surface area contributed by atoms with E-state index in [1.54, 1.807) is 14.2 Å². The average Bonchev–Trinajstić information content (AvgIpc) is 2.88. The van der Waals surface area contributed by atoms with Crippen LogP contribution in [0.1, 0.15) is 55.1 Å². The molecule has 2 amide bonds. The van der Waals surface area contributed by atoms with Gasteiger partial charge in [-0.15, -0.1) is 0 Å². The van der Waals surface area contributed by atoms with Gasteiger partial charge in [-0.05, 0) is 63.1 Å². The van der Waals surface area contributed by atoms with Gasteiger partial charge in [-0.1, -0.05) is 25.1 Å². The van der Waals surface area contributed by atoms with Crippen molar-refractivity contribution in [1.82, 2.24) is 15.1 Å². The van der Waals surface area contributed by atoms with E-state index >= 15 is 0 Å². The second kappa shape index (κ2) is 12.4. The number of hydrogen-bond acceptors (Lipinski definition) is 5. The molecule has 0 aliphatic carbocycles. The third kappa shape index (κ3) is 6.50. The zero-order chi connectivity index (χ0) is 24.5. The van der Waals surface area contributed by atoms with Gasteiger partial charge in [0.05, 0.1) is 26.8 Å². The molecule has 7 nitrogen and oxygen atoms in total. The highest BCUT2D eigenvalue weighted by Gasteiger charge is 2.28. The van der Waals surface area contributed by atoms with Crippen molar-refractivity contribution in [1.29, 1.82) is 0 Å². The van der Waals surface area contributed by atoms with E-state index in [2.05, 4.69) is 17.1 Å². The van der Waals surface area contributed by atoms with Crippen LogP contribution in [0.5, 0.6) is 11.5 Å². The van der Waals surface area contributed by atoms with Crippen LogP contribution < -0.4 is 14.8 Å². The number of likely N-dealkylation sites (tertiary alicyclic amines) is 1. The van der Waals surface area contributed by atoms with Gasteiger partial charge >= 0.3 is 0 Å². The summed E-state index contributed by atoms with van der Waals surface area (Å²) in [5.41, 5.74) is 1.61. The van der Waals surface area contributed by atoms with Crippen LogP contribution in [0, 0.1) is 0 Å². The maximum Gasteiger partial charge on any atom is 0.253 e. The molecule has 3 rings (SSSR count). The smallest absolute Gasteiger partial charge is 0.253 e. The van der Waals surface area contributed by atoms with Gasteiger partial charge in [-0.2, -0.15) is 0 Å². The molecule has 34 heavy (non-hydrogen) atoms. The number of nitrogens with one attached hydrogen (secondary N) is 1. The van der Waals surface area contributed by atoms with Crippen LogP contribution in [0.2, 0.25) is 0 Å². The first-order valence-corrected chi connectivity index (χ1v) is 12.1. The van der Waals surface area contributed by atoms with Gasteiger partial charge in [0.15, 0.2) is 0 Å². The van der Waals surface area contributed by atoms with Crippen molar-refractivity contribution in [3.8, 4) is 11.5 Å². The Labute approximate surface area is 203 Å². The monoisotopic (exact) mass is 467 g/mol. The van der Waals surface area contributed by atoms with E-state index in [1.165, 1.54) is 0 Å². The van der Waals surface area contributed by atoms with Gasteiger partial charge in [-0.3, -0.25) is 14.5 Å². The topological polar surface area (TPSA) is 71.1 Å². The molecule has 0 aromatic heterocycles. The number of hydrogen-bond donors (Lipinski definition) is 1. The fourth-order valence-corrected chi connectivity index (χ4v) is 4.60. The van der Waals surface area contributed by atoms with E-state index in [4.69, 9.17) is 9.47 Å². The minimum absolute atomic E-state index is 0.0198. The van der Waals surface area contributed by atoms with Crippen LogP contribution in [-0.4, -0.2) is 68.1 Å². The highest BCUT2D eigenvalue weighted by atomic mass is 16.5. The number of ether oxygens (including phenoxy) is 2. The summed E-state index contributed by atoms with van der Waals surface area (Å²) in [6.45, 7) is 6.67. The number of carbonyl (C=O) groups is 2. The average molecular weight is 468 g/mol. The van der Waals surface area contributed by atoms with Crippen LogP contribution >= 0.6 is 0 Å². The molecular weight excluding hydrogens is 430 g/mol. The van der Waals surface area contributed by atoms with Gasteiger partial charge in [0.25, 0.3) is 5.91 Å². The van der Waals surface area contributed by atoms with Crippen molar-refractivity contribution in [2.24, 2.45) is 0 Å². The molecule has 2 aromatic rings. The Balaban J connectivity index is 1.58. The third-order valence-electron chi connectivity index (χ3n) is 6.43. The van der Waals surface area contributed by atoms with Gasteiger partial charge in [-0.25, -0.2) is 0 Å². The number of carbonyl (C=O) groups excluding carboxylic acids is 2. The SMILES string of the molecule is CCCN(CC(=O)NC(C)c1cc(OC)ccc1OC)C1CCN(C(=O)c2ccccc2)CC1. The van der Waals surface area contributed by atoms with E-state index in [9.17, 15) is 9.59 Å². The lowest BCUT2D eigenvalue weighted by Gasteiger charge is -2.38. The van der Waals surface area contributed by atoms with Crippen LogP contribution in [0.4, 0.5) is 0 Å². The van der Waals surface area contributed by atoms with Crippen molar-refractivity contribution < 1.29 is 19.1 Å². The summed E-state index contributed by atoms with van der Waals surface area (Å²) in [6.07, 6.45) is 2.70. The predicted molar refractivity (Wildman–Crippen MR) is 133 cm³/mol. The molecule has 184 valence electrons. The highest BCUT2D eigenvalue weighted by Crippen LogP contribution is 2.29. The lowest BCUT2D eigenvalue weighted by atomic mass is 10.0. The normalized spacial score (nSPS) is 15.1. The number of methoxy groups -OCH3 is 2. The number of rotatable bonds is 10. The number of piperidine rings is 1.